The Bertz CT molecular complexity index is 352. The molecule has 0 aliphatic rings. The highest BCUT2D eigenvalue weighted by Crippen LogP contribution is 2.24. The van der Waals surface area contributed by atoms with E-state index in [1.807, 2.05) is 6.07 Å². The summed E-state index contributed by atoms with van der Waals surface area (Å²) in [7, 11) is 1.58. The molecule has 0 bridgehead atoms. The van der Waals surface area contributed by atoms with E-state index in [1.165, 1.54) is 0 Å². The zero-order chi connectivity index (χ0) is 9.68. The SMILES string of the molecule is COc1cc(C#CCS)ccc1Cl. The van der Waals surface area contributed by atoms with Crippen molar-refractivity contribution in [3.05, 3.63) is 28.8 Å². The lowest BCUT2D eigenvalue weighted by atomic mass is 10.2. The summed E-state index contributed by atoms with van der Waals surface area (Å²) in [6, 6.07) is 5.42. The summed E-state index contributed by atoms with van der Waals surface area (Å²) >= 11 is 9.83. The Kier molecular flexibility index (Phi) is 4.01. The quantitative estimate of drug-likeness (QED) is 0.556. The van der Waals surface area contributed by atoms with Crippen molar-refractivity contribution < 1.29 is 4.74 Å². The molecule has 0 atom stereocenters. The molecule has 0 fully saturated rings. The molecule has 0 saturated heterocycles. The highest BCUT2D eigenvalue weighted by molar-refractivity contribution is 7.80. The Morgan fingerprint density at radius 1 is 1.54 bits per heavy atom. The van der Waals surface area contributed by atoms with Gasteiger partial charge in [-0.2, -0.15) is 12.6 Å². The lowest BCUT2D eigenvalue weighted by molar-refractivity contribution is 0.415. The molecule has 0 aliphatic carbocycles. The zero-order valence-corrected chi connectivity index (χ0v) is 8.82. The maximum atomic E-state index is 5.84. The van der Waals surface area contributed by atoms with E-state index >= 15 is 0 Å². The van der Waals surface area contributed by atoms with Crippen LogP contribution in [-0.2, 0) is 0 Å². The van der Waals surface area contributed by atoms with Gasteiger partial charge in [-0.15, -0.1) is 0 Å². The summed E-state index contributed by atoms with van der Waals surface area (Å²) in [4.78, 5) is 0. The maximum absolute atomic E-state index is 5.84. The standard InChI is InChI=1S/C10H9ClOS/c1-12-10-7-8(3-2-6-13)4-5-9(10)11/h4-5,7,13H,6H2,1H3. The molecular weight excluding hydrogens is 204 g/mol. The molecule has 0 aliphatic heterocycles. The van der Waals surface area contributed by atoms with Crippen LogP contribution in [0, 0.1) is 11.8 Å². The minimum absolute atomic E-state index is 0.547. The zero-order valence-electron chi connectivity index (χ0n) is 7.17. The molecule has 0 radical (unpaired) electrons. The van der Waals surface area contributed by atoms with Crippen molar-refractivity contribution >= 4 is 24.2 Å². The van der Waals surface area contributed by atoms with Gasteiger partial charge in [0.15, 0.2) is 0 Å². The van der Waals surface area contributed by atoms with Crippen LogP contribution in [-0.4, -0.2) is 12.9 Å². The van der Waals surface area contributed by atoms with Gasteiger partial charge in [0.25, 0.3) is 0 Å². The molecule has 13 heavy (non-hydrogen) atoms. The van der Waals surface area contributed by atoms with Crippen molar-refractivity contribution in [2.45, 2.75) is 0 Å². The van der Waals surface area contributed by atoms with Crippen LogP contribution in [0.4, 0.5) is 0 Å². The van der Waals surface area contributed by atoms with Gasteiger partial charge in [0, 0.05) is 5.56 Å². The van der Waals surface area contributed by atoms with Crippen LogP contribution < -0.4 is 4.74 Å². The maximum Gasteiger partial charge on any atom is 0.138 e. The van der Waals surface area contributed by atoms with Gasteiger partial charge in [-0.1, -0.05) is 23.4 Å². The first kappa shape index (κ1) is 10.3. The molecule has 1 aromatic rings. The van der Waals surface area contributed by atoms with Crippen LogP contribution in [0.2, 0.25) is 5.02 Å². The van der Waals surface area contributed by atoms with Crippen LogP contribution in [0.1, 0.15) is 5.56 Å². The lowest BCUT2D eigenvalue weighted by Crippen LogP contribution is -1.85. The Morgan fingerprint density at radius 2 is 2.31 bits per heavy atom. The Labute approximate surface area is 88.5 Å². The van der Waals surface area contributed by atoms with Crippen molar-refractivity contribution in [2.75, 3.05) is 12.9 Å². The molecule has 1 aromatic carbocycles. The molecule has 3 heteroatoms. The van der Waals surface area contributed by atoms with Gasteiger partial charge >= 0.3 is 0 Å². The van der Waals surface area contributed by atoms with Crippen LogP contribution in [0.25, 0.3) is 0 Å². The third-order valence-electron chi connectivity index (χ3n) is 1.46. The third kappa shape index (κ3) is 2.87. The molecule has 1 rings (SSSR count). The van der Waals surface area contributed by atoms with Crippen LogP contribution in [0.15, 0.2) is 18.2 Å². The number of rotatable bonds is 1. The topological polar surface area (TPSA) is 9.23 Å². The van der Waals surface area contributed by atoms with E-state index in [0.717, 1.165) is 5.56 Å². The van der Waals surface area contributed by atoms with E-state index in [2.05, 4.69) is 24.5 Å². The van der Waals surface area contributed by atoms with Crippen molar-refractivity contribution in [1.82, 2.24) is 0 Å². The predicted octanol–water partition coefficient (Wildman–Crippen LogP) is 2.63. The molecule has 68 valence electrons. The number of benzene rings is 1. The predicted molar refractivity (Wildman–Crippen MR) is 58.7 cm³/mol. The fourth-order valence-corrected chi connectivity index (χ4v) is 1.15. The normalized spacial score (nSPS) is 8.85. The number of methoxy groups -OCH3 is 1. The number of thiol groups is 1. The molecular formula is C10H9ClOS. The summed E-state index contributed by atoms with van der Waals surface area (Å²) < 4.78 is 5.05. The second kappa shape index (κ2) is 5.06. The monoisotopic (exact) mass is 212 g/mol. The molecule has 0 N–H and O–H groups in total. The van der Waals surface area contributed by atoms with Crippen molar-refractivity contribution in [1.29, 1.82) is 0 Å². The Balaban J connectivity index is 2.99. The average Bonchev–Trinajstić information content (AvgIpc) is 2.16. The van der Waals surface area contributed by atoms with E-state index in [-0.39, 0.29) is 0 Å². The third-order valence-corrected chi connectivity index (χ3v) is 1.93. The number of halogens is 1. The van der Waals surface area contributed by atoms with E-state index in [0.29, 0.717) is 16.5 Å². The van der Waals surface area contributed by atoms with Gasteiger partial charge in [0.05, 0.1) is 17.9 Å². The minimum Gasteiger partial charge on any atom is -0.495 e. The average molecular weight is 213 g/mol. The largest absolute Gasteiger partial charge is 0.495 e. The number of hydrogen-bond donors (Lipinski definition) is 1. The molecule has 0 aromatic heterocycles. The van der Waals surface area contributed by atoms with E-state index in [4.69, 9.17) is 16.3 Å². The van der Waals surface area contributed by atoms with Gasteiger partial charge in [-0.3, -0.25) is 0 Å². The van der Waals surface area contributed by atoms with Gasteiger partial charge in [0.2, 0.25) is 0 Å². The highest BCUT2D eigenvalue weighted by Gasteiger charge is 1.99. The first-order valence-electron chi connectivity index (χ1n) is 3.71. The van der Waals surface area contributed by atoms with Crippen LogP contribution >= 0.6 is 24.2 Å². The van der Waals surface area contributed by atoms with Crippen LogP contribution in [0.3, 0.4) is 0 Å². The molecule has 0 heterocycles. The first-order valence-corrected chi connectivity index (χ1v) is 4.72. The van der Waals surface area contributed by atoms with Gasteiger partial charge in [0.1, 0.15) is 5.75 Å². The fourth-order valence-electron chi connectivity index (χ4n) is 0.879. The summed E-state index contributed by atoms with van der Waals surface area (Å²) in [6.07, 6.45) is 0. The number of ether oxygens (including phenoxy) is 1. The lowest BCUT2D eigenvalue weighted by Gasteiger charge is -2.01. The van der Waals surface area contributed by atoms with E-state index < -0.39 is 0 Å². The summed E-state index contributed by atoms with van der Waals surface area (Å²) in [6.45, 7) is 0. The van der Waals surface area contributed by atoms with Gasteiger partial charge in [-0.25, -0.2) is 0 Å². The first-order chi connectivity index (χ1) is 6.27. The highest BCUT2D eigenvalue weighted by atomic mass is 35.5. The van der Waals surface area contributed by atoms with Crippen molar-refractivity contribution in [3.8, 4) is 17.6 Å². The second-order valence-electron chi connectivity index (χ2n) is 2.31. The molecule has 0 saturated carbocycles. The van der Waals surface area contributed by atoms with E-state index in [9.17, 15) is 0 Å². The second-order valence-corrected chi connectivity index (χ2v) is 3.03. The molecule has 0 unspecified atom stereocenters. The molecule has 0 spiro atoms. The number of hydrogen-bond acceptors (Lipinski definition) is 2. The van der Waals surface area contributed by atoms with Gasteiger partial charge < -0.3 is 4.74 Å². The summed E-state index contributed by atoms with van der Waals surface area (Å²) in [5.41, 5.74) is 0.885. The minimum atomic E-state index is 0.547. The molecule has 1 nitrogen and oxygen atoms in total. The summed E-state index contributed by atoms with van der Waals surface area (Å²) in [5.74, 6) is 6.97. The summed E-state index contributed by atoms with van der Waals surface area (Å²) in [5, 5.41) is 0.596. The van der Waals surface area contributed by atoms with E-state index in [1.54, 1.807) is 19.2 Å². The van der Waals surface area contributed by atoms with Gasteiger partial charge in [-0.05, 0) is 18.2 Å². The van der Waals surface area contributed by atoms with Crippen LogP contribution in [0.5, 0.6) is 5.75 Å². The smallest absolute Gasteiger partial charge is 0.138 e. The Hall–Kier alpha value is -0.780. The fraction of sp³-hybridized carbons (Fsp3) is 0.200. The Morgan fingerprint density at radius 3 is 2.92 bits per heavy atom. The van der Waals surface area contributed by atoms with Crippen molar-refractivity contribution in [2.24, 2.45) is 0 Å². The molecule has 0 amide bonds. The van der Waals surface area contributed by atoms with Crippen molar-refractivity contribution in [3.63, 3.8) is 0 Å².